The van der Waals surface area contributed by atoms with Crippen molar-refractivity contribution >= 4 is 44.2 Å². The predicted octanol–water partition coefficient (Wildman–Crippen LogP) is 5.85. The number of hydrogen-bond donors (Lipinski definition) is 1. The molecule has 1 aromatic heterocycles. The minimum absolute atomic E-state index is 0.192. The predicted molar refractivity (Wildman–Crippen MR) is 102 cm³/mol. The van der Waals surface area contributed by atoms with Crippen LogP contribution < -0.4 is 5.32 Å². The molecule has 0 radical (unpaired) electrons. The number of halogens is 1. The molecule has 3 aromatic rings. The summed E-state index contributed by atoms with van der Waals surface area (Å²) in [5, 5.41) is 4.07. The van der Waals surface area contributed by atoms with Crippen molar-refractivity contribution in [1.82, 2.24) is 4.98 Å². The average Bonchev–Trinajstić information content (AvgIpc) is 2.96. The van der Waals surface area contributed by atoms with Crippen LogP contribution in [0.3, 0.4) is 0 Å². The van der Waals surface area contributed by atoms with E-state index in [1.807, 2.05) is 19.1 Å². The Labute approximate surface area is 150 Å². The summed E-state index contributed by atoms with van der Waals surface area (Å²) < 4.78 is 1.10. The fraction of sp³-hybridized carbons (Fsp3) is 0.263. The van der Waals surface area contributed by atoms with Gasteiger partial charge in [0.25, 0.3) is 5.91 Å². The maximum absolute atomic E-state index is 12.4. The van der Waals surface area contributed by atoms with Gasteiger partial charge in [-0.25, -0.2) is 4.98 Å². The van der Waals surface area contributed by atoms with Crippen molar-refractivity contribution in [3.8, 4) is 0 Å². The summed E-state index contributed by atoms with van der Waals surface area (Å²) in [4.78, 5) is 16.9. The van der Waals surface area contributed by atoms with Gasteiger partial charge in [-0.2, -0.15) is 0 Å². The summed E-state index contributed by atoms with van der Waals surface area (Å²) in [6.45, 7) is 4.10. The number of fused-ring (bicyclic) bond motifs is 1. The molecule has 2 aromatic carbocycles. The summed E-state index contributed by atoms with van der Waals surface area (Å²) in [6, 6.07) is 11.6. The Balaban J connectivity index is 1.79. The van der Waals surface area contributed by atoms with Crippen LogP contribution in [0.4, 0.5) is 5.13 Å². The van der Waals surface area contributed by atoms with E-state index in [1.54, 1.807) is 12.1 Å². The van der Waals surface area contributed by atoms with Crippen LogP contribution in [0.5, 0.6) is 0 Å². The van der Waals surface area contributed by atoms with Gasteiger partial charge >= 0.3 is 0 Å². The van der Waals surface area contributed by atoms with E-state index in [2.05, 4.69) is 29.4 Å². The monoisotopic (exact) mass is 358 g/mol. The van der Waals surface area contributed by atoms with E-state index >= 15 is 0 Å². The molecule has 1 heterocycles. The van der Waals surface area contributed by atoms with Gasteiger partial charge in [-0.05, 0) is 55.2 Å². The second kappa shape index (κ2) is 7.32. The number of thiazole rings is 1. The molecule has 1 amide bonds. The third-order valence-corrected chi connectivity index (χ3v) is 5.27. The van der Waals surface area contributed by atoms with Crippen LogP contribution in [-0.4, -0.2) is 10.9 Å². The largest absolute Gasteiger partial charge is 0.298 e. The highest BCUT2D eigenvalue weighted by Gasteiger charge is 2.11. The summed E-state index contributed by atoms with van der Waals surface area (Å²) in [5.74, 6) is -0.192. The number of carbonyl (C=O) groups is 1. The molecule has 124 valence electrons. The summed E-state index contributed by atoms with van der Waals surface area (Å²) in [7, 11) is 0. The SMILES string of the molecule is CCCCc1ccc2nc(NC(=O)c3ccc(C)c(Cl)c3)sc2c1. The lowest BCUT2D eigenvalue weighted by atomic mass is 10.1. The van der Waals surface area contributed by atoms with Crippen molar-refractivity contribution in [2.75, 3.05) is 5.32 Å². The number of nitrogens with zero attached hydrogens (tertiary/aromatic N) is 1. The number of nitrogens with one attached hydrogen (secondary N) is 1. The van der Waals surface area contributed by atoms with E-state index in [-0.39, 0.29) is 5.91 Å². The van der Waals surface area contributed by atoms with Crippen molar-refractivity contribution in [2.24, 2.45) is 0 Å². The molecule has 1 N–H and O–H groups in total. The van der Waals surface area contributed by atoms with E-state index in [4.69, 9.17) is 11.6 Å². The molecule has 0 bridgehead atoms. The molecule has 3 rings (SSSR count). The van der Waals surface area contributed by atoms with Gasteiger partial charge in [-0.3, -0.25) is 10.1 Å². The van der Waals surface area contributed by atoms with Crippen LogP contribution >= 0.6 is 22.9 Å². The van der Waals surface area contributed by atoms with Crippen LogP contribution in [0.1, 0.15) is 41.3 Å². The summed E-state index contributed by atoms with van der Waals surface area (Å²) in [5.41, 5.74) is 3.72. The van der Waals surface area contributed by atoms with E-state index in [9.17, 15) is 4.79 Å². The van der Waals surface area contributed by atoms with Gasteiger partial charge in [0.2, 0.25) is 0 Å². The zero-order valence-electron chi connectivity index (χ0n) is 13.7. The molecule has 5 heteroatoms. The number of hydrogen-bond acceptors (Lipinski definition) is 3. The lowest BCUT2D eigenvalue weighted by Gasteiger charge is -2.03. The topological polar surface area (TPSA) is 42.0 Å². The molecule has 0 fully saturated rings. The van der Waals surface area contributed by atoms with E-state index in [0.717, 1.165) is 22.2 Å². The first kappa shape index (κ1) is 16.9. The zero-order chi connectivity index (χ0) is 17.1. The normalized spacial score (nSPS) is 11.0. The number of benzene rings is 2. The highest BCUT2D eigenvalue weighted by Crippen LogP contribution is 2.28. The quantitative estimate of drug-likeness (QED) is 0.621. The standard InChI is InChI=1S/C19H19ClN2OS/c1-3-4-5-13-7-9-16-17(10-13)24-19(21-16)22-18(23)14-8-6-12(2)15(20)11-14/h6-11H,3-5H2,1-2H3,(H,21,22,23). The van der Waals surface area contributed by atoms with Crippen molar-refractivity contribution in [3.05, 3.63) is 58.1 Å². The van der Waals surface area contributed by atoms with Crippen molar-refractivity contribution < 1.29 is 4.79 Å². The maximum Gasteiger partial charge on any atom is 0.257 e. The third-order valence-electron chi connectivity index (χ3n) is 3.93. The molecule has 0 aliphatic carbocycles. The fourth-order valence-electron chi connectivity index (χ4n) is 2.46. The molecular weight excluding hydrogens is 340 g/mol. The molecule has 24 heavy (non-hydrogen) atoms. The Bertz CT molecular complexity index is 888. The molecule has 0 unspecified atom stereocenters. The number of unbranched alkanes of at least 4 members (excludes halogenated alkanes) is 1. The van der Waals surface area contributed by atoms with Gasteiger partial charge in [0.05, 0.1) is 10.2 Å². The highest BCUT2D eigenvalue weighted by atomic mass is 35.5. The van der Waals surface area contributed by atoms with Gasteiger partial charge in [0, 0.05) is 10.6 Å². The second-order valence-electron chi connectivity index (χ2n) is 5.84. The first-order valence-corrected chi connectivity index (χ1v) is 9.23. The van der Waals surface area contributed by atoms with E-state index in [1.165, 1.54) is 29.7 Å². The van der Waals surface area contributed by atoms with Gasteiger partial charge in [0.1, 0.15) is 0 Å². The number of amides is 1. The molecular formula is C19H19ClN2OS. The zero-order valence-corrected chi connectivity index (χ0v) is 15.3. The Kier molecular flexibility index (Phi) is 5.17. The maximum atomic E-state index is 12.4. The van der Waals surface area contributed by atoms with E-state index in [0.29, 0.717) is 15.7 Å². The first-order chi connectivity index (χ1) is 11.6. The van der Waals surface area contributed by atoms with Gasteiger partial charge in [0.15, 0.2) is 5.13 Å². The van der Waals surface area contributed by atoms with Crippen molar-refractivity contribution in [2.45, 2.75) is 33.1 Å². The van der Waals surface area contributed by atoms with Crippen molar-refractivity contribution in [1.29, 1.82) is 0 Å². The number of rotatable bonds is 5. The lowest BCUT2D eigenvalue weighted by molar-refractivity contribution is 0.102. The van der Waals surface area contributed by atoms with E-state index < -0.39 is 0 Å². The first-order valence-electron chi connectivity index (χ1n) is 8.04. The molecule has 0 aliphatic rings. The molecule has 0 aliphatic heterocycles. The number of anilines is 1. The minimum atomic E-state index is -0.192. The number of aromatic nitrogens is 1. The lowest BCUT2D eigenvalue weighted by Crippen LogP contribution is -2.11. The molecule has 0 spiro atoms. The van der Waals surface area contributed by atoms with Crippen LogP contribution in [0, 0.1) is 6.92 Å². The third kappa shape index (κ3) is 3.77. The van der Waals surface area contributed by atoms with Crippen LogP contribution in [0.2, 0.25) is 5.02 Å². The minimum Gasteiger partial charge on any atom is -0.298 e. The molecule has 0 saturated heterocycles. The van der Waals surface area contributed by atoms with Crippen LogP contribution in [-0.2, 0) is 6.42 Å². The Morgan fingerprint density at radius 2 is 2.08 bits per heavy atom. The second-order valence-corrected chi connectivity index (χ2v) is 7.28. The van der Waals surface area contributed by atoms with Gasteiger partial charge in [-0.1, -0.05) is 48.4 Å². The highest BCUT2D eigenvalue weighted by molar-refractivity contribution is 7.22. The number of aryl methyl sites for hydroxylation is 2. The molecule has 3 nitrogen and oxygen atoms in total. The molecule has 0 saturated carbocycles. The Hall–Kier alpha value is -1.91. The Morgan fingerprint density at radius 3 is 2.83 bits per heavy atom. The van der Waals surface area contributed by atoms with Crippen LogP contribution in [0.15, 0.2) is 36.4 Å². The van der Waals surface area contributed by atoms with Gasteiger partial charge < -0.3 is 0 Å². The molecule has 0 atom stereocenters. The van der Waals surface area contributed by atoms with Crippen molar-refractivity contribution in [3.63, 3.8) is 0 Å². The summed E-state index contributed by atoms with van der Waals surface area (Å²) >= 11 is 7.59. The van der Waals surface area contributed by atoms with Crippen LogP contribution in [0.25, 0.3) is 10.2 Å². The smallest absolute Gasteiger partial charge is 0.257 e. The fourth-order valence-corrected chi connectivity index (χ4v) is 3.57. The average molecular weight is 359 g/mol. The Morgan fingerprint density at radius 1 is 1.25 bits per heavy atom. The van der Waals surface area contributed by atoms with Gasteiger partial charge in [-0.15, -0.1) is 0 Å². The summed E-state index contributed by atoms with van der Waals surface area (Å²) in [6.07, 6.45) is 3.44. The number of carbonyl (C=O) groups excluding carboxylic acids is 1.